The van der Waals surface area contributed by atoms with Crippen LogP contribution >= 0.6 is 0 Å². The molecule has 0 rings (SSSR count). The fourth-order valence-electron chi connectivity index (χ4n) is 0.447. The van der Waals surface area contributed by atoms with Crippen LogP contribution in [0.5, 0.6) is 0 Å². The van der Waals surface area contributed by atoms with Crippen molar-refractivity contribution in [1.29, 1.82) is 0 Å². The van der Waals surface area contributed by atoms with E-state index in [0.29, 0.717) is 19.5 Å². The summed E-state index contributed by atoms with van der Waals surface area (Å²) < 4.78 is 0. The maximum atomic E-state index is 7.85. The van der Waals surface area contributed by atoms with Crippen LogP contribution < -0.4 is 11.5 Å². The van der Waals surface area contributed by atoms with Gasteiger partial charge in [0, 0.05) is 17.5 Å². The molecule has 0 aromatic rings. The van der Waals surface area contributed by atoms with Crippen molar-refractivity contribution in [3.05, 3.63) is 10.4 Å². The van der Waals surface area contributed by atoms with Crippen molar-refractivity contribution >= 4 is 0 Å². The summed E-state index contributed by atoms with van der Waals surface area (Å²) in [5.41, 5.74) is 18.5. The summed E-state index contributed by atoms with van der Waals surface area (Å²) in [7, 11) is 0. The Balaban J connectivity index is 3.25. The van der Waals surface area contributed by atoms with Gasteiger partial charge in [0.1, 0.15) is 0 Å². The fraction of sp³-hybridized carbons (Fsp3) is 1.00. The summed E-state index contributed by atoms with van der Waals surface area (Å²) >= 11 is 0. The van der Waals surface area contributed by atoms with Gasteiger partial charge in [-0.2, -0.15) is 0 Å². The van der Waals surface area contributed by atoms with Gasteiger partial charge in [0.25, 0.3) is 0 Å². The van der Waals surface area contributed by atoms with Gasteiger partial charge in [0.05, 0.1) is 0 Å². The summed E-state index contributed by atoms with van der Waals surface area (Å²) in [6.45, 7) is 0.885. The van der Waals surface area contributed by atoms with Crippen molar-refractivity contribution in [2.24, 2.45) is 16.6 Å². The van der Waals surface area contributed by atoms with Crippen LogP contribution in [0.3, 0.4) is 0 Å². The largest absolute Gasteiger partial charge is 0.330 e. The van der Waals surface area contributed by atoms with Gasteiger partial charge in [0.15, 0.2) is 0 Å². The summed E-state index contributed by atoms with van der Waals surface area (Å²) in [6, 6.07) is -0.0779. The lowest BCUT2D eigenvalue weighted by atomic mass is 10.2. The summed E-state index contributed by atoms with van der Waals surface area (Å²) in [5.74, 6) is 0. The predicted octanol–water partition coefficient (Wildman–Crippen LogP) is -0.0272. The molecule has 1 atom stereocenters. The fourth-order valence-corrected chi connectivity index (χ4v) is 0.447. The second-order valence-corrected chi connectivity index (χ2v) is 1.75. The van der Waals surface area contributed by atoms with Crippen LogP contribution in [0, 0.1) is 0 Å². The van der Waals surface area contributed by atoms with Crippen LogP contribution in [-0.4, -0.2) is 19.1 Å². The van der Waals surface area contributed by atoms with Crippen LogP contribution in [0.15, 0.2) is 5.11 Å². The molecular weight excluding hydrogens is 118 g/mol. The standard InChI is InChI=1S/C4H11N5/c5-2-1-4(6)3-8-9-7/h4H,1-3,5-6H2. The van der Waals surface area contributed by atoms with E-state index in [0.717, 1.165) is 0 Å². The average Bonchev–Trinajstić information content (AvgIpc) is 1.85. The molecule has 0 radical (unpaired) electrons. The van der Waals surface area contributed by atoms with Crippen LogP contribution in [0.25, 0.3) is 10.4 Å². The molecule has 0 aromatic heterocycles. The number of hydrogen-bond donors (Lipinski definition) is 2. The van der Waals surface area contributed by atoms with E-state index < -0.39 is 0 Å². The maximum Gasteiger partial charge on any atom is 0.0410 e. The van der Waals surface area contributed by atoms with E-state index in [4.69, 9.17) is 17.0 Å². The molecule has 0 aliphatic heterocycles. The first-order chi connectivity index (χ1) is 4.31. The van der Waals surface area contributed by atoms with Gasteiger partial charge < -0.3 is 11.5 Å². The smallest absolute Gasteiger partial charge is 0.0410 e. The quantitative estimate of drug-likeness (QED) is 0.316. The molecule has 0 aliphatic carbocycles. The number of rotatable bonds is 4. The molecule has 52 valence electrons. The zero-order valence-corrected chi connectivity index (χ0v) is 5.20. The Kier molecular flexibility index (Phi) is 4.91. The molecule has 0 bridgehead atoms. The van der Waals surface area contributed by atoms with Crippen LogP contribution in [0.1, 0.15) is 6.42 Å². The van der Waals surface area contributed by atoms with E-state index in [2.05, 4.69) is 10.0 Å². The molecule has 1 unspecified atom stereocenters. The monoisotopic (exact) mass is 129 g/mol. The first-order valence-corrected chi connectivity index (χ1v) is 2.77. The summed E-state index contributed by atoms with van der Waals surface area (Å²) in [5, 5.41) is 3.29. The lowest BCUT2D eigenvalue weighted by molar-refractivity contribution is 0.630. The molecule has 0 saturated carbocycles. The Morgan fingerprint density at radius 3 is 2.78 bits per heavy atom. The molecule has 4 N–H and O–H groups in total. The normalized spacial score (nSPS) is 12.2. The molecule has 0 fully saturated rings. The molecule has 0 aliphatic rings. The maximum absolute atomic E-state index is 7.85. The van der Waals surface area contributed by atoms with Gasteiger partial charge in [-0.15, -0.1) is 0 Å². The first kappa shape index (κ1) is 8.23. The Labute approximate surface area is 53.6 Å². The van der Waals surface area contributed by atoms with Crippen molar-refractivity contribution in [1.82, 2.24) is 0 Å². The average molecular weight is 129 g/mol. The minimum Gasteiger partial charge on any atom is -0.330 e. The topological polar surface area (TPSA) is 101 Å². The lowest BCUT2D eigenvalue weighted by Gasteiger charge is -2.03. The van der Waals surface area contributed by atoms with Crippen molar-refractivity contribution in [2.75, 3.05) is 13.1 Å². The van der Waals surface area contributed by atoms with E-state index in [9.17, 15) is 0 Å². The third kappa shape index (κ3) is 5.10. The number of hydrogen-bond acceptors (Lipinski definition) is 3. The van der Waals surface area contributed by atoms with Crippen molar-refractivity contribution in [3.63, 3.8) is 0 Å². The molecule has 5 nitrogen and oxygen atoms in total. The zero-order chi connectivity index (χ0) is 7.11. The first-order valence-electron chi connectivity index (χ1n) is 2.77. The molecule has 0 saturated heterocycles. The van der Waals surface area contributed by atoms with Gasteiger partial charge in [-0.3, -0.25) is 0 Å². The minimum atomic E-state index is -0.0779. The predicted molar refractivity (Wildman–Crippen MR) is 35.7 cm³/mol. The number of nitrogens with zero attached hydrogens (tertiary/aromatic N) is 3. The highest BCUT2D eigenvalue weighted by Crippen LogP contribution is 1.85. The zero-order valence-electron chi connectivity index (χ0n) is 5.20. The molecule has 5 heteroatoms. The van der Waals surface area contributed by atoms with Crippen molar-refractivity contribution in [2.45, 2.75) is 12.5 Å². The molecule has 0 aromatic carbocycles. The van der Waals surface area contributed by atoms with Crippen LogP contribution in [0.4, 0.5) is 0 Å². The number of nitrogens with two attached hydrogens (primary N) is 2. The van der Waals surface area contributed by atoms with E-state index in [1.54, 1.807) is 0 Å². The van der Waals surface area contributed by atoms with Gasteiger partial charge in [-0.05, 0) is 18.5 Å². The van der Waals surface area contributed by atoms with Crippen molar-refractivity contribution in [3.8, 4) is 0 Å². The molecular formula is C4H11N5. The summed E-state index contributed by atoms with van der Waals surface area (Å²) in [4.78, 5) is 2.56. The lowest BCUT2D eigenvalue weighted by Crippen LogP contribution is -2.26. The molecule has 9 heavy (non-hydrogen) atoms. The Morgan fingerprint density at radius 2 is 2.33 bits per heavy atom. The van der Waals surface area contributed by atoms with Crippen molar-refractivity contribution < 1.29 is 0 Å². The van der Waals surface area contributed by atoms with Gasteiger partial charge >= 0.3 is 0 Å². The highest BCUT2D eigenvalue weighted by molar-refractivity contribution is 4.64. The minimum absolute atomic E-state index is 0.0779. The highest BCUT2D eigenvalue weighted by atomic mass is 15.1. The van der Waals surface area contributed by atoms with E-state index >= 15 is 0 Å². The van der Waals surface area contributed by atoms with Crippen LogP contribution in [-0.2, 0) is 0 Å². The van der Waals surface area contributed by atoms with Crippen LogP contribution in [0.2, 0.25) is 0 Å². The van der Waals surface area contributed by atoms with E-state index in [1.165, 1.54) is 0 Å². The third-order valence-electron chi connectivity index (χ3n) is 0.917. The Morgan fingerprint density at radius 1 is 1.67 bits per heavy atom. The van der Waals surface area contributed by atoms with E-state index in [1.807, 2.05) is 0 Å². The Bertz CT molecular complexity index is 106. The summed E-state index contributed by atoms with van der Waals surface area (Å²) in [6.07, 6.45) is 0.707. The SMILES string of the molecule is [N-]=[N+]=NCC(N)CCN. The van der Waals surface area contributed by atoms with E-state index in [-0.39, 0.29) is 6.04 Å². The Hall–Kier alpha value is -0.770. The highest BCUT2D eigenvalue weighted by Gasteiger charge is 1.96. The van der Waals surface area contributed by atoms with Gasteiger partial charge in [-0.1, -0.05) is 5.11 Å². The second-order valence-electron chi connectivity index (χ2n) is 1.75. The molecule has 0 spiro atoms. The van der Waals surface area contributed by atoms with Gasteiger partial charge in [0.2, 0.25) is 0 Å². The third-order valence-corrected chi connectivity index (χ3v) is 0.917. The molecule has 0 heterocycles. The molecule has 0 amide bonds. The second kappa shape index (κ2) is 5.37. The van der Waals surface area contributed by atoms with Gasteiger partial charge in [-0.25, -0.2) is 0 Å². The number of azide groups is 1.